The van der Waals surface area contributed by atoms with Crippen molar-refractivity contribution in [2.24, 2.45) is 0 Å². The quantitative estimate of drug-likeness (QED) is 0.669. The fourth-order valence-electron chi connectivity index (χ4n) is 2.86. The minimum atomic E-state index is -0.291. The van der Waals surface area contributed by atoms with Gasteiger partial charge in [0.15, 0.2) is 5.82 Å². The van der Waals surface area contributed by atoms with Crippen LogP contribution in [0.1, 0.15) is 57.1 Å². The summed E-state index contributed by atoms with van der Waals surface area (Å²) in [6, 6.07) is 5.47. The van der Waals surface area contributed by atoms with Crippen LogP contribution in [0.2, 0.25) is 0 Å². The molecule has 29 heavy (non-hydrogen) atoms. The summed E-state index contributed by atoms with van der Waals surface area (Å²) in [5, 5.41) is 13.4. The Morgan fingerprint density at radius 2 is 2.03 bits per heavy atom. The molecule has 152 valence electrons. The van der Waals surface area contributed by atoms with Crippen molar-refractivity contribution in [2.45, 2.75) is 40.3 Å². The number of rotatable bonds is 6. The molecule has 3 rings (SSSR count). The zero-order chi connectivity index (χ0) is 21.1. The Balaban J connectivity index is 1.76. The molecule has 2 amide bonds. The number of nitrogens with zero attached hydrogens (tertiary/aromatic N) is 5. The molecule has 0 saturated carbocycles. The van der Waals surface area contributed by atoms with Crippen molar-refractivity contribution in [3.05, 3.63) is 57.6 Å². The molecule has 0 atom stereocenters. The number of carbonyl (C=O) groups is 2. The molecule has 0 spiro atoms. The Hall–Kier alpha value is -3.07. The third kappa shape index (κ3) is 4.68. The number of amides is 2. The van der Waals surface area contributed by atoms with Gasteiger partial charge in [0, 0.05) is 29.7 Å². The Morgan fingerprint density at radius 1 is 1.28 bits per heavy atom. The van der Waals surface area contributed by atoms with Gasteiger partial charge in [-0.05, 0) is 45.4 Å². The van der Waals surface area contributed by atoms with Crippen molar-refractivity contribution in [3.63, 3.8) is 0 Å². The molecule has 9 heteroatoms. The number of hydrogen-bond donors (Lipinski definition) is 1. The second-order valence-corrected chi connectivity index (χ2v) is 8.21. The lowest BCUT2D eigenvalue weighted by Crippen LogP contribution is -2.28. The number of thiazole rings is 1. The Bertz CT molecular complexity index is 1040. The van der Waals surface area contributed by atoms with Crippen LogP contribution in [-0.2, 0) is 6.54 Å². The average molecular weight is 413 g/mol. The highest BCUT2D eigenvalue weighted by Crippen LogP contribution is 2.20. The zero-order valence-electron chi connectivity index (χ0n) is 17.1. The lowest BCUT2D eigenvalue weighted by Gasteiger charge is -2.19. The standard InChI is InChI=1S/C20H24N6O2S/c1-12(2)26-11-21-24-18(26)9-25(5)20(28)15-7-6-13(3)16(8-15)23-19(27)17-10-29-14(4)22-17/h6-8,10-12H,9H2,1-5H3,(H,23,27). The maximum Gasteiger partial charge on any atom is 0.275 e. The number of nitrogens with one attached hydrogen (secondary N) is 1. The lowest BCUT2D eigenvalue weighted by molar-refractivity contribution is 0.0779. The largest absolute Gasteiger partial charge is 0.334 e. The normalized spacial score (nSPS) is 11.0. The van der Waals surface area contributed by atoms with Crippen molar-refractivity contribution in [1.29, 1.82) is 0 Å². The summed E-state index contributed by atoms with van der Waals surface area (Å²) in [5.74, 6) is 0.263. The van der Waals surface area contributed by atoms with Crippen LogP contribution in [0.3, 0.4) is 0 Å². The Kier molecular flexibility index (Phi) is 6.07. The number of aryl methyl sites for hydroxylation is 2. The van der Waals surface area contributed by atoms with Crippen molar-refractivity contribution in [3.8, 4) is 0 Å². The van der Waals surface area contributed by atoms with Gasteiger partial charge in [-0.3, -0.25) is 9.59 Å². The summed E-state index contributed by atoms with van der Waals surface area (Å²) in [7, 11) is 1.72. The van der Waals surface area contributed by atoms with E-state index in [-0.39, 0.29) is 17.9 Å². The van der Waals surface area contributed by atoms with Crippen LogP contribution in [-0.4, -0.2) is 43.5 Å². The molecular weight excluding hydrogens is 388 g/mol. The maximum absolute atomic E-state index is 12.9. The average Bonchev–Trinajstić information content (AvgIpc) is 3.31. The molecule has 0 aliphatic rings. The SMILES string of the molecule is Cc1nc(C(=O)Nc2cc(C(=O)N(C)Cc3nncn3C(C)C)ccc2C)cs1. The van der Waals surface area contributed by atoms with Crippen molar-refractivity contribution < 1.29 is 9.59 Å². The van der Waals surface area contributed by atoms with Crippen LogP contribution in [0.5, 0.6) is 0 Å². The summed E-state index contributed by atoms with van der Waals surface area (Å²) in [4.78, 5) is 31.1. The Morgan fingerprint density at radius 3 is 2.69 bits per heavy atom. The van der Waals surface area contributed by atoms with Gasteiger partial charge in [-0.1, -0.05) is 6.07 Å². The van der Waals surface area contributed by atoms with Crippen LogP contribution in [0.4, 0.5) is 5.69 Å². The molecule has 2 heterocycles. The molecule has 0 fully saturated rings. The number of hydrogen-bond acceptors (Lipinski definition) is 6. The Labute approximate surface area is 173 Å². The summed E-state index contributed by atoms with van der Waals surface area (Å²) < 4.78 is 1.93. The molecule has 0 saturated heterocycles. The van der Waals surface area contributed by atoms with Gasteiger partial charge in [-0.15, -0.1) is 21.5 Å². The van der Waals surface area contributed by atoms with Gasteiger partial charge >= 0.3 is 0 Å². The molecule has 0 aliphatic heterocycles. The molecule has 0 bridgehead atoms. The first kappa shape index (κ1) is 20.7. The molecule has 1 aromatic carbocycles. The second-order valence-electron chi connectivity index (χ2n) is 7.14. The number of benzene rings is 1. The summed E-state index contributed by atoms with van der Waals surface area (Å²) in [6.07, 6.45) is 1.66. The van der Waals surface area contributed by atoms with Crippen molar-refractivity contribution >= 4 is 28.8 Å². The highest BCUT2D eigenvalue weighted by Gasteiger charge is 2.18. The molecule has 0 unspecified atom stereocenters. The van der Waals surface area contributed by atoms with Crippen molar-refractivity contribution in [1.82, 2.24) is 24.6 Å². The molecule has 3 aromatic rings. The van der Waals surface area contributed by atoms with E-state index in [1.807, 2.05) is 38.3 Å². The fraction of sp³-hybridized carbons (Fsp3) is 0.350. The summed E-state index contributed by atoms with van der Waals surface area (Å²) >= 11 is 1.42. The van der Waals surface area contributed by atoms with Crippen LogP contribution >= 0.6 is 11.3 Å². The lowest BCUT2D eigenvalue weighted by atomic mass is 10.1. The van der Waals surface area contributed by atoms with Gasteiger partial charge in [-0.2, -0.15) is 0 Å². The maximum atomic E-state index is 12.9. The van der Waals surface area contributed by atoms with Gasteiger partial charge < -0.3 is 14.8 Å². The van der Waals surface area contributed by atoms with E-state index in [9.17, 15) is 9.59 Å². The van der Waals surface area contributed by atoms with Crippen LogP contribution in [0, 0.1) is 13.8 Å². The van der Waals surface area contributed by atoms with Gasteiger partial charge in [0.2, 0.25) is 0 Å². The molecule has 2 aromatic heterocycles. The fourth-order valence-corrected chi connectivity index (χ4v) is 3.45. The van der Waals surface area contributed by atoms with Gasteiger partial charge in [0.1, 0.15) is 12.0 Å². The van der Waals surface area contributed by atoms with Crippen LogP contribution in [0.25, 0.3) is 0 Å². The number of carbonyl (C=O) groups excluding carboxylic acids is 2. The second kappa shape index (κ2) is 8.52. The first-order valence-corrected chi connectivity index (χ1v) is 10.1. The van der Waals surface area contributed by atoms with Crippen molar-refractivity contribution in [2.75, 3.05) is 12.4 Å². The summed E-state index contributed by atoms with van der Waals surface area (Å²) in [6.45, 7) is 8.14. The van der Waals surface area contributed by atoms with E-state index in [1.54, 1.807) is 35.8 Å². The van der Waals surface area contributed by atoms with Gasteiger partial charge in [-0.25, -0.2) is 4.98 Å². The predicted molar refractivity (Wildman–Crippen MR) is 112 cm³/mol. The van der Waals surface area contributed by atoms with E-state index < -0.39 is 0 Å². The molecule has 0 aliphatic carbocycles. The third-order valence-corrected chi connectivity index (χ3v) is 5.29. The van der Waals surface area contributed by atoms with E-state index in [4.69, 9.17) is 0 Å². The zero-order valence-corrected chi connectivity index (χ0v) is 17.9. The summed E-state index contributed by atoms with van der Waals surface area (Å²) in [5.41, 5.74) is 2.31. The molecule has 8 nitrogen and oxygen atoms in total. The van der Waals surface area contributed by atoms with E-state index >= 15 is 0 Å². The topological polar surface area (TPSA) is 93.0 Å². The van der Waals surface area contributed by atoms with Gasteiger partial charge in [0.05, 0.1) is 11.6 Å². The van der Waals surface area contributed by atoms with Gasteiger partial charge in [0.25, 0.3) is 11.8 Å². The van der Waals surface area contributed by atoms with E-state index in [0.717, 1.165) is 16.4 Å². The first-order chi connectivity index (χ1) is 13.8. The minimum Gasteiger partial charge on any atom is -0.334 e. The highest BCUT2D eigenvalue weighted by atomic mass is 32.1. The van der Waals surface area contributed by atoms with Crippen LogP contribution in [0.15, 0.2) is 29.9 Å². The predicted octanol–water partition coefficient (Wildman–Crippen LogP) is 3.46. The van der Waals surface area contributed by atoms with E-state index in [1.165, 1.54) is 11.3 Å². The van der Waals surface area contributed by atoms with E-state index in [2.05, 4.69) is 20.5 Å². The van der Waals surface area contributed by atoms with E-state index in [0.29, 0.717) is 23.5 Å². The number of anilines is 1. The first-order valence-electron chi connectivity index (χ1n) is 9.24. The molecule has 1 N–H and O–H groups in total. The molecular formula is C20H24N6O2S. The third-order valence-electron chi connectivity index (χ3n) is 4.51. The smallest absolute Gasteiger partial charge is 0.275 e. The molecule has 0 radical (unpaired) electrons. The minimum absolute atomic E-state index is 0.164. The monoisotopic (exact) mass is 412 g/mol. The number of aromatic nitrogens is 4. The van der Waals surface area contributed by atoms with Crippen LogP contribution < -0.4 is 5.32 Å². The highest BCUT2D eigenvalue weighted by molar-refractivity contribution is 7.09.